The Bertz CT molecular complexity index is 478. The third kappa shape index (κ3) is 12.8. The van der Waals surface area contributed by atoms with Gasteiger partial charge in [-0.2, -0.15) is 0 Å². The minimum Gasteiger partial charge on any atom is -0.327 e. The van der Waals surface area contributed by atoms with Crippen LogP contribution < -0.4 is 5.73 Å². The van der Waals surface area contributed by atoms with Crippen molar-refractivity contribution in [1.29, 1.82) is 0 Å². The van der Waals surface area contributed by atoms with Gasteiger partial charge in [-0.25, -0.2) is 0 Å². The zero-order chi connectivity index (χ0) is 21.9. The van der Waals surface area contributed by atoms with E-state index in [1.165, 1.54) is 115 Å². The maximum absolute atomic E-state index is 6.55. The van der Waals surface area contributed by atoms with Crippen molar-refractivity contribution in [1.82, 2.24) is 0 Å². The lowest BCUT2D eigenvalue weighted by molar-refractivity contribution is 0.375. The van der Waals surface area contributed by atoms with Crippen molar-refractivity contribution in [3.8, 4) is 0 Å². The summed E-state index contributed by atoms with van der Waals surface area (Å²) in [5.74, 6) is 0. The van der Waals surface area contributed by atoms with Crippen LogP contribution in [-0.2, 0) is 5.41 Å². The number of hydrogen-bond acceptors (Lipinski definition) is 1. The lowest BCUT2D eigenvalue weighted by Gasteiger charge is -2.32. The number of nitrogens with two attached hydrogens (primary N) is 1. The predicted octanol–water partition coefficient (Wildman–Crippen LogP) is 9.33. The van der Waals surface area contributed by atoms with E-state index in [1.807, 2.05) is 0 Å². The van der Waals surface area contributed by atoms with Gasteiger partial charge in [-0.05, 0) is 12.0 Å². The third-order valence-electron chi connectivity index (χ3n) is 7.06. The van der Waals surface area contributed by atoms with Crippen LogP contribution in [0.4, 0.5) is 0 Å². The second-order valence-corrected chi connectivity index (χ2v) is 10.1. The first-order valence-corrected chi connectivity index (χ1v) is 13.4. The van der Waals surface area contributed by atoms with Gasteiger partial charge in [-0.1, -0.05) is 160 Å². The van der Waals surface area contributed by atoms with E-state index in [9.17, 15) is 0 Å². The molecule has 0 radical (unpaired) electrons. The fourth-order valence-corrected chi connectivity index (χ4v) is 4.53. The third-order valence-corrected chi connectivity index (χ3v) is 7.06. The molecule has 0 saturated carbocycles. The first-order valence-electron chi connectivity index (χ1n) is 13.4. The molecule has 0 fully saturated rings. The summed E-state index contributed by atoms with van der Waals surface area (Å²) in [5.41, 5.74) is 7.98. The van der Waals surface area contributed by atoms with Crippen LogP contribution in [0, 0.1) is 0 Å². The Kier molecular flexibility index (Phi) is 16.2. The summed E-state index contributed by atoms with van der Waals surface area (Å²) in [6.45, 7) is 6.88. The average molecular weight is 416 g/mol. The molecule has 0 aliphatic carbocycles. The number of benzene rings is 1. The highest BCUT2D eigenvalue weighted by molar-refractivity contribution is 5.25. The monoisotopic (exact) mass is 415 g/mol. The summed E-state index contributed by atoms with van der Waals surface area (Å²) in [7, 11) is 0. The van der Waals surface area contributed by atoms with Gasteiger partial charge >= 0.3 is 0 Å². The van der Waals surface area contributed by atoms with Gasteiger partial charge in [0.25, 0.3) is 0 Å². The Morgan fingerprint density at radius 2 is 0.967 bits per heavy atom. The molecule has 0 saturated heterocycles. The van der Waals surface area contributed by atoms with Crippen LogP contribution in [0.25, 0.3) is 0 Å². The minimum absolute atomic E-state index is 0.0658. The predicted molar refractivity (Wildman–Crippen MR) is 136 cm³/mol. The lowest BCUT2D eigenvalue weighted by atomic mass is 9.76. The molecule has 1 atom stereocenters. The summed E-state index contributed by atoms with van der Waals surface area (Å²) in [6.07, 6.45) is 25.4. The van der Waals surface area contributed by atoms with Gasteiger partial charge in [-0.15, -0.1) is 0 Å². The summed E-state index contributed by atoms with van der Waals surface area (Å²) in [5, 5.41) is 0. The Hall–Kier alpha value is -0.820. The van der Waals surface area contributed by atoms with Crippen molar-refractivity contribution < 1.29 is 0 Å². The van der Waals surface area contributed by atoms with Crippen LogP contribution in [0.15, 0.2) is 30.3 Å². The van der Waals surface area contributed by atoms with Gasteiger partial charge < -0.3 is 5.73 Å². The largest absolute Gasteiger partial charge is 0.327 e. The van der Waals surface area contributed by atoms with Crippen molar-refractivity contribution in [3.63, 3.8) is 0 Å². The van der Waals surface area contributed by atoms with Crippen LogP contribution >= 0.6 is 0 Å². The molecule has 2 N–H and O–H groups in total. The molecule has 1 aromatic rings. The van der Waals surface area contributed by atoms with E-state index in [1.54, 1.807) is 0 Å². The second-order valence-electron chi connectivity index (χ2n) is 10.1. The first kappa shape index (κ1) is 27.2. The van der Waals surface area contributed by atoms with Gasteiger partial charge in [0.1, 0.15) is 0 Å². The molecule has 0 heterocycles. The highest BCUT2D eigenvalue weighted by Gasteiger charge is 2.27. The lowest BCUT2D eigenvalue weighted by Crippen LogP contribution is -2.40. The van der Waals surface area contributed by atoms with E-state index in [-0.39, 0.29) is 11.5 Å². The van der Waals surface area contributed by atoms with E-state index in [4.69, 9.17) is 5.73 Å². The van der Waals surface area contributed by atoms with Crippen molar-refractivity contribution in [2.45, 2.75) is 148 Å². The van der Waals surface area contributed by atoms with E-state index < -0.39 is 0 Å². The van der Waals surface area contributed by atoms with Gasteiger partial charge in [0, 0.05) is 11.5 Å². The van der Waals surface area contributed by atoms with Gasteiger partial charge in [0.2, 0.25) is 0 Å². The highest BCUT2D eigenvalue weighted by atomic mass is 14.7. The Labute approximate surface area is 189 Å². The smallest absolute Gasteiger partial charge is 0.0131 e. The SMILES string of the molecule is CCCCCCCCCCCCCCCCCCCC(N)C(C)(C)c1ccccc1. The first-order chi connectivity index (χ1) is 14.6. The Morgan fingerprint density at radius 1 is 0.600 bits per heavy atom. The van der Waals surface area contributed by atoms with Crippen molar-refractivity contribution in [3.05, 3.63) is 35.9 Å². The molecule has 0 aliphatic heterocycles. The molecule has 1 aromatic carbocycles. The van der Waals surface area contributed by atoms with Gasteiger partial charge in [0.05, 0.1) is 0 Å². The number of hydrogen-bond donors (Lipinski definition) is 1. The summed E-state index contributed by atoms with van der Waals surface area (Å²) in [4.78, 5) is 0. The van der Waals surface area contributed by atoms with Crippen molar-refractivity contribution >= 4 is 0 Å². The van der Waals surface area contributed by atoms with Crippen molar-refractivity contribution in [2.75, 3.05) is 0 Å². The topological polar surface area (TPSA) is 26.0 Å². The Morgan fingerprint density at radius 3 is 1.37 bits per heavy atom. The molecule has 0 aromatic heterocycles. The summed E-state index contributed by atoms with van der Waals surface area (Å²) < 4.78 is 0. The highest BCUT2D eigenvalue weighted by Crippen LogP contribution is 2.28. The molecule has 0 spiro atoms. The van der Waals surface area contributed by atoms with E-state index >= 15 is 0 Å². The molecule has 0 aliphatic rings. The molecule has 174 valence electrons. The fourth-order valence-electron chi connectivity index (χ4n) is 4.53. The maximum Gasteiger partial charge on any atom is 0.0131 e. The summed E-state index contributed by atoms with van der Waals surface area (Å²) >= 11 is 0. The number of unbranched alkanes of at least 4 members (excludes halogenated alkanes) is 16. The minimum atomic E-state index is 0.0658. The van der Waals surface area contributed by atoms with Crippen LogP contribution in [0.5, 0.6) is 0 Å². The maximum atomic E-state index is 6.55. The fraction of sp³-hybridized carbons (Fsp3) is 0.793. The second kappa shape index (κ2) is 17.8. The zero-order valence-electron chi connectivity index (χ0n) is 20.8. The zero-order valence-corrected chi connectivity index (χ0v) is 20.8. The molecule has 1 unspecified atom stereocenters. The molecule has 1 rings (SSSR count). The van der Waals surface area contributed by atoms with Crippen molar-refractivity contribution in [2.24, 2.45) is 5.73 Å². The Balaban J connectivity index is 1.86. The normalized spacial score (nSPS) is 12.9. The van der Waals surface area contributed by atoms with E-state index in [2.05, 4.69) is 51.1 Å². The molecule has 0 bridgehead atoms. The van der Waals surface area contributed by atoms with Crippen LogP contribution in [0.1, 0.15) is 142 Å². The quantitative estimate of drug-likeness (QED) is 0.211. The average Bonchev–Trinajstić information content (AvgIpc) is 2.76. The number of rotatable bonds is 20. The molecule has 30 heavy (non-hydrogen) atoms. The molecular weight excluding hydrogens is 362 g/mol. The molecular formula is C29H53N. The molecule has 0 amide bonds. The van der Waals surface area contributed by atoms with Crippen LogP contribution in [0.3, 0.4) is 0 Å². The van der Waals surface area contributed by atoms with Gasteiger partial charge in [-0.3, -0.25) is 0 Å². The molecule has 1 heteroatoms. The van der Waals surface area contributed by atoms with Crippen LogP contribution in [0.2, 0.25) is 0 Å². The molecule has 1 nitrogen and oxygen atoms in total. The van der Waals surface area contributed by atoms with Gasteiger partial charge in [0.15, 0.2) is 0 Å². The van der Waals surface area contributed by atoms with E-state index in [0.29, 0.717) is 0 Å². The summed E-state index contributed by atoms with van der Waals surface area (Å²) in [6, 6.07) is 11.0. The van der Waals surface area contributed by atoms with Crippen LogP contribution in [-0.4, -0.2) is 6.04 Å². The standard InChI is InChI=1S/C29H53N/c1-4-5-6-7-8-9-10-11-12-13-14-15-16-17-18-19-23-26-28(30)29(2,3)27-24-21-20-22-25-27/h20-22,24-25,28H,4-19,23,26,30H2,1-3H3. The van der Waals surface area contributed by atoms with E-state index in [0.717, 1.165) is 6.42 Å².